The van der Waals surface area contributed by atoms with Crippen molar-refractivity contribution in [3.8, 4) is 5.88 Å². The third-order valence-electron chi connectivity index (χ3n) is 6.95. The van der Waals surface area contributed by atoms with E-state index in [0.717, 1.165) is 0 Å². The van der Waals surface area contributed by atoms with Gasteiger partial charge in [-0.1, -0.05) is 78.9 Å². The van der Waals surface area contributed by atoms with Crippen LogP contribution in [0.3, 0.4) is 0 Å². The number of aromatic nitrogens is 1. The molecule has 45 heavy (non-hydrogen) atoms. The fourth-order valence-electron chi connectivity index (χ4n) is 4.89. The normalized spacial score (nSPS) is 12.2. The zero-order valence-corrected chi connectivity index (χ0v) is 25.4. The number of benzene rings is 5. The van der Waals surface area contributed by atoms with E-state index in [-0.39, 0.29) is 16.5 Å². The van der Waals surface area contributed by atoms with Crippen LogP contribution in [0.25, 0.3) is 10.9 Å². The van der Waals surface area contributed by atoms with Crippen LogP contribution in [-0.2, 0) is 25.8 Å². The van der Waals surface area contributed by atoms with Crippen molar-refractivity contribution in [2.45, 2.75) is 10.6 Å². The summed E-state index contributed by atoms with van der Waals surface area (Å²) in [6, 6.07) is 37.8. The summed E-state index contributed by atoms with van der Waals surface area (Å²) < 4.78 is 57.1. The Bertz CT molecular complexity index is 2200. The second-order valence-electron chi connectivity index (χ2n) is 10.2. The molecule has 5 aromatic carbocycles. The number of anilines is 2. The molecule has 6 aromatic rings. The molecule has 0 unspecified atom stereocenters. The number of nitrogens with zero attached hydrogens (tertiary/aromatic N) is 1. The molecule has 0 spiro atoms. The molecule has 0 aliphatic heterocycles. The summed E-state index contributed by atoms with van der Waals surface area (Å²) >= 11 is 0. The van der Waals surface area contributed by atoms with Gasteiger partial charge in [-0.25, -0.2) is 21.8 Å². The first kappa shape index (κ1) is 29.7. The second-order valence-corrected chi connectivity index (χ2v) is 13.7. The molecule has 0 fully saturated rings. The highest BCUT2D eigenvalue weighted by molar-refractivity contribution is 7.92. The average Bonchev–Trinajstić information content (AvgIpc) is 3.36. The van der Waals surface area contributed by atoms with Crippen LogP contribution in [-0.4, -0.2) is 32.6 Å². The Morgan fingerprint density at radius 2 is 1.29 bits per heavy atom. The molecule has 6 rings (SSSR count). The summed E-state index contributed by atoms with van der Waals surface area (Å²) in [5, 5.41) is 11.5. The Labute approximate surface area is 261 Å². The fraction of sp³-hybridized carbons (Fsp3) is 0.0294. The molecule has 0 aliphatic carbocycles. The molecule has 0 atom stereocenters. The maximum atomic E-state index is 13.3. The maximum absolute atomic E-state index is 13.3. The van der Waals surface area contributed by atoms with Crippen LogP contribution < -0.4 is 9.44 Å². The highest BCUT2D eigenvalue weighted by atomic mass is 32.2. The van der Waals surface area contributed by atoms with E-state index in [0.29, 0.717) is 50.4 Å². The summed E-state index contributed by atoms with van der Waals surface area (Å²) in [4.78, 5) is 7.78. The molecule has 11 heteroatoms. The van der Waals surface area contributed by atoms with Gasteiger partial charge in [0, 0.05) is 27.8 Å². The van der Waals surface area contributed by atoms with Crippen molar-refractivity contribution in [1.82, 2.24) is 4.98 Å². The van der Waals surface area contributed by atoms with E-state index in [9.17, 15) is 21.9 Å². The standard InChI is InChI=1S/C34H28N4O5S2/c39-34-32(30-22-29(20-21-31(30)36-34)45(42,43)38-27-14-8-3-9-15-27)33(25-12-6-2-7-13-25)35-26-16-18-28(19-17-26)37-44(40,41)23-24-10-4-1-5-11-24/h1-22,36-39H,23H2. The molecule has 0 amide bonds. The van der Waals surface area contributed by atoms with Gasteiger partial charge in [0.25, 0.3) is 10.0 Å². The van der Waals surface area contributed by atoms with Crippen molar-refractivity contribution in [3.05, 3.63) is 150 Å². The number of sulfonamides is 2. The molecule has 9 nitrogen and oxygen atoms in total. The van der Waals surface area contributed by atoms with Crippen molar-refractivity contribution in [2.24, 2.45) is 4.99 Å². The number of aromatic hydroxyl groups is 1. The van der Waals surface area contributed by atoms with E-state index < -0.39 is 20.0 Å². The van der Waals surface area contributed by atoms with Crippen LogP contribution >= 0.6 is 0 Å². The Balaban J connectivity index is 1.36. The number of aliphatic imine (C=N–C) groups is 1. The zero-order valence-electron chi connectivity index (χ0n) is 23.8. The first-order valence-electron chi connectivity index (χ1n) is 13.9. The predicted molar refractivity (Wildman–Crippen MR) is 178 cm³/mol. The van der Waals surface area contributed by atoms with E-state index in [2.05, 4.69) is 14.4 Å². The van der Waals surface area contributed by atoms with Gasteiger partial charge in [0.15, 0.2) is 5.88 Å². The summed E-state index contributed by atoms with van der Waals surface area (Å²) in [5.74, 6) is -0.340. The average molecular weight is 637 g/mol. The number of para-hydroxylation sites is 1. The molecule has 1 aromatic heterocycles. The van der Waals surface area contributed by atoms with E-state index in [1.165, 1.54) is 12.1 Å². The van der Waals surface area contributed by atoms with E-state index in [1.54, 1.807) is 84.9 Å². The molecule has 0 saturated carbocycles. The predicted octanol–water partition coefficient (Wildman–Crippen LogP) is 6.79. The van der Waals surface area contributed by atoms with Gasteiger partial charge in [0.2, 0.25) is 10.0 Å². The first-order chi connectivity index (χ1) is 21.7. The number of hydrogen-bond donors (Lipinski definition) is 4. The third kappa shape index (κ3) is 6.90. The minimum atomic E-state index is -3.94. The number of aromatic amines is 1. The Kier molecular flexibility index (Phi) is 8.12. The molecular weight excluding hydrogens is 609 g/mol. The summed E-state index contributed by atoms with van der Waals surface area (Å²) in [6.07, 6.45) is 0. The topological polar surface area (TPSA) is 141 Å². The minimum Gasteiger partial charge on any atom is -0.494 e. The molecular formula is C34H28N4O5S2. The highest BCUT2D eigenvalue weighted by Gasteiger charge is 2.22. The van der Waals surface area contributed by atoms with Crippen LogP contribution in [0.1, 0.15) is 16.7 Å². The number of nitrogens with one attached hydrogen (secondary N) is 3. The molecule has 0 aliphatic rings. The number of rotatable bonds is 10. The zero-order chi connectivity index (χ0) is 31.4. The quantitative estimate of drug-likeness (QED) is 0.123. The van der Waals surface area contributed by atoms with Gasteiger partial charge in [0.1, 0.15) is 0 Å². The van der Waals surface area contributed by atoms with Crippen LogP contribution in [0.15, 0.2) is 143 Å². The Morgan fingerprint density at radius 1 is 0.689 bits per heavy atom. The lowest BCUT2D eigenvalue weighted by Crippen LogP contribution is -2.14. The summed E-state index contributed by atoms with van der Waals surface area (Å²) in [6.45, 7) is 0. The number of fused-ring (bicyclic) bond motifs is 1. The lowest BCUT2D eigenvalue weighted by molar-refractivity contribution is 0.457. The van der Waals surface area contributed by atoms with Crippen molar-refractivity contribution in [1.29, 1.82) is 0 Å². The smallest absolute Gasteiger partial charge is 0.261 e. The van der Waals surface area contributed by atoms with Crippen LogP contribution in [0, 0.1) is 0 Å². The van der Waals surface area contributed by atoms with Crippen LogP contribution in [0.4, 0.5) is 17.1 Å². The Morgan fingerprint density at radius 3 is 1.96 bits per heavy atom. The number of H-pyrrole nitrogens is 1. The van der Waals surface area contributed by atoms with Crippen molar-refractivity contribution in [3.63, 3.8) is 0 Å². The lowest BCUT2D eigenvalue weighted by atomic mass is 10.0. The van der Waals surface area contributed by atoms with Crippen molar-refractivity contribution < 1.29 is 21.9 Å². The third-order valence-corrected chi connectivity index (χ3v) is 9.59. The first-order valence-corrected chi connectivity index (χ1v) is 17.0. The maximum Gasteiger partial charge on any atom is 0.261 e. The van der Waals surface area contributed by atoms with Gasteiger partial charge in [0.05, 0.1) is 27.6 Å². The molecule has 0 bridgehead atoms. The minimum absolute atomic E-state index is 0.0126. The second kappa shape index (κ2) is 12.3. The summed E-state index contributed by atoms with van der Waals surface area (Å²) in [7, 11) is -7.59. The molecule has 4 N–H and O–H groups in total. The molecule has 1 heterocycles. The fourth-order valence-corrected chi connectivity index (χ4v) is 7.17. The van der Waals surface area contributed by atoms with Gasteiger partial charge in [-0.3, -0.25) is 9.44 Å². The monoisotopic (exact) mass is 636 g/mol. The molecule has 0 saturated heterocycles. The molecule has 0 radical (unpaired) electrons. The molecule has 226 valence electrons. The largest absolute Gasteiger partial charge is 0.494 e. The van der Waals surface area contributed by atoms with Gasteiger partial charge in [-0.05, 0) is 60.2 Å². The Hall–Kier alpha value is -5.39. The van der Waals surface area contributed by atoms with E-state index in [1.807, 2.05) is 36.4 Å². The van der Waals surface area contributed by atoms with E-state index >= 15 is 0 Å². The highest BCUT2D eigenvalue weighted by Crippen LogP contribution is 2.33. The van der Waals surface area contributed by atoms with Crippen LogP contribution in [0.5, 0.6) is 5.88 Å². The number of hydrogen-bond acceptors (Lipinski definition) is 6. The van der Waals surface area contributed by atoms with Gasteiger partial charge in [-0.15, -0.1) is 0 Å². The van der Waals surface area contributed by atoms with Crippen molar-refractivity contribution in [2.75, 3.05) is 9.44 Å². The lowest BCUT2D eigenvalue weighted by Gasteiger charge is -2.11. The van der Waals surface area contributed by atoms with Gasteiger partial charge >= 0.3 is 0 Å². The SMILES string of the molecule is O=S(=O)(Cc1ccccc1)Nc1ccc(N=C(c2ccccc2)c2c(O)[nH]c3ccc(S(=O)(=O)Nc4ccccc4)cc23)cc1. The van der Waals surface area contributed by atoms with E-state index in [4.69, 9.17) is 4.99 Å². The van der Waals surface area contributed by atoms with Gasteiger partial charge < -0.3 is 10.1 Å². The van der Waals surface area contributed by atoms with Gasteiger partial charge in [-0.2, -0.15) is 0 Å². The summed E-state index contributed by atoms with van der Waals surface area (Å²) in [5.41, 5.74) is 3.87. The van der Waals surface area contributed by atoms with Crippen LogP contribution in [0.2, 0.25) is 0 Å². The van der Waals surface area contributed by atoms with Crippen molar-refractivity contribution >= 4 is 53.7 Å².